The lowest BCUT2D eigenvalue weighted by Gasteiger charge is -2.38. The zero-order valence-electron chi connectivity index (χ0n) is 13.7. The van der Waals surface area contributed by atoms with Crippen molar-refractivity contribution in [2.24, 2.45) is 0 Å². The first-order chi connectivity index (χ1) is 11.7. The molecule has 1 aromatic carbocycles. The summed E-state index contributed by atoms with van der Waals surface area (Å²) in [6, 6.07) is 8.72. The highest BCUT2D eigenvalue weighted by atomic mass is 19.1. The summed E-state index contributed by atoms with van der Waals surface area (Å²) in [5.74, 6) is -0.200. The maximum atomic E-state index is 13.1. The molecule has 4 nitrogen and oxygen atoms in total. The molecule has 1 N–H and O–H groups in total. The van der Waals surface area contributed by atoms with Crippen LogP contribution < -0.4 is 0 Å². The second kappa shape index (κ2) is 6.06. The number of carbonyl (C=O) groups excluding carboxylic acids is 1. The number of methoxy groups -OCH3 is 1. The number of rotatable bonds is 3. The van der Waals surface area contributed by atoms with Gasteiger partial charge in [-0.25, -0.2) is 4.39 Å². The van der Waals surface area contributed by atoms with E-state index in [2.05, 4.69) is 4.98 Å². The number of carbonyl (C=O) groups is 1. The van der Waals surface area contributed by atoms with E-state index in [0.717, 1.165) is 36.8 Å². The zero-order valence-corrected chi connectivity index (χ0v) is 13.7. The monoisotopic (exact) mass is 328 g/mol. The number of ether oxygens (including phenoxy) is 1. The van der Waals surface area contributed by atoms with Crippen LogP contribution in [0, 0.1) is 5.82 Å². The van der Waals surface area contributed by atoms with Gasteiger partial charge in [-0.1, -0.05) is 12.1 Å². The fraction of sp³-hybridized carbons (Fsp3) is 0.421. The molecule has 1 amide bonds. The summed E-state index contributed by atoms with van der Waals surface area (Å²) >= 11 is 0. The second-order valence-electron chi connectivity index (χ2n) is 6.74. The Morgan fingerprint density at radius 1 is 1.17 bits per heavy atom. The number of amides is 1. The van der Waals surface area contributed by atoms with Gasteiger partial charge in [0.05, 0.1) is 6.10 Å². The van der Waals surface area contributed by atoms with Crippen molar-refractivity contribution in [1.29, 1.82) is 0 Å². The van der Waals surface area contributed by atoms with E-state index in [0.29, 0.717) is 5.69 Å². The summed E-state index contributed by atoms with van der Waals surface area (Å²) in [5.41, 5.74) is 2.40. The third-order valence-corrected chi connectivity index (χ3v) is 5.35. The Morgan fingerprint density at radius 3 is 2.46 bits per heavy atom. The van der Waals surface area contributed by atoms with E-state index in [1.165, 1.54) is 12.1 Å². The van der Waals surface area contributed by atoms with E-state index >= 15 is 0 Å². The smallest absolute Gasteiger partial charge is 0.270 e. The minimum Gasteiger partial charge on any atom is -0.381 e. The quantitative estimate of drug-likeness (QED) is 0.935. The average molecular weight is 328 g/mol. The van der Waals surface area contributed by atoms with Crippen LogP contribution in [0.5, 0.6) is 0 Å². The molecule has 4 rings (SSSR count). The molecule has 2 aliphatic rings. The molecule has 2 fully saturated rings. The van der Waals surface area contributed by atoms with Crippen LogP contribution in [0.1, 0.15) is 36.2 Å². The van der Waals surface area contributed by atoms with Crippen molar-refractivity contribution >= 4 is 5.91 Å². The van der Waals surface area contributed by atoms with Gasteiger partial charge >= 0.3 is 0 Å². The average Bonchev–Trinajstić information content (AvgIpc) is 3.18. The molecule has 24 heavy (non-hydrogen) atoms. The van der Waals surface area contributed by atoms with E-state index < -0.39 is 0 Å². The second-order valence-corrected chi connectivity index (χ2v) is 6.74. The molecular formula is C19H21FN2O2. The summed E-state index contributed by atoms with van der Waals surface area (Å²) in [7, 11) is 1.75. The van der Waals surface area contributed by atoms with E-state index in [9.17, 15) is 9.18 Å². The molecule has 0 radical (unpaired) electrons. The first-order valence-corrected chi connectivity index (χ1v) is 8.45. The summed E-state index contributed by atoms with van der Waals surface area (Å²) in [6.07, 6.45) is 6.03. The predicted octanol–water partition coefficient (Wildman–Crippen LogP) is 3.60. The number of fused-ring (bicyclic) bond motifs is 2. The number of aromatic nitrogens is 1. The molecular weight excluding hydrogens is 307 g/mol. The van der Waals surface area contributed by atoms with Crippen molar-refractivity contribution in [3.63, 3.8) is 0 Å². The molecule has 5 heteroatoms. The van der Waals surface area contributed by atoms with Crippen LogP contribution in [-0.2, 0) is 4.74 Å². The Hall–Kier alpha value is -2.14. The Kier molecular flexibility index (Phi) is 3.88. The first kappa shape index (κ1) is 15.4. The van der Waals surface area contributed by atoms with Crippen LogP contribution in [0.2, 0.25) is 0 Å². The van der Waals surface area contributed by atoms with Gasteiger partial charge in [0.25, 0.3) is 5.91 Å². The minimum absolute atomic E-state index is 0.0606. The van der Waals surface area contributed by atoms with E-state index in [1.54, 1.807) is 19.2 Å². The van der Waals surface area contributed by atoms with Crippen molar-refractivity contribution in [2.45, 2.75) is 43.9 Å². The number of aromatic amines is 1. The third-order valence-electron chi connectivity index (χ3n) is 5.35. The predicted molar refractivity (Wildman–Crippen MR) is 89.2 cm³/mol. The molecule has 2 aromatic rings. The van der Waals surface area contributed by atoms with Crippen molar-refractivity contribution in [2.75, 3.05) is 7.11 Å². The summed E-state index contributed by atoms with van der Waals surface area (Å²) in [5, 5.41) is 0. The molecule has 0 aliphatic carbocycles. The molecule has 2 aliphatic heterocycles. The number of H-pyrrole nitrogens is 1. The van der Waals surface area contributed by atoms with Gasteiger partial charge in [-0.2, -0.15) is 0 Å². The van der Waals surface area contributed by atoms with Crippen molar-refractivity contribution in [3.05, 3.63) is 48.0 Å². The number of hydrogen-bond donors (Lipinski definition) is 1. The molecule has 2 atom stereocenters. The summed E-state index contributed by atoms with van der Waals surface area (Å²) in [4.78, 5) is 18.1. The van der Waals surface area contributed by atoms with Gasteiger partial charge in [0.15, 0.2) is 0 Å². The number of benzene rings is 1. The molecule has 3 heterocycles. The third kappa shape index (κ3) is 2.63. The molecule has 126 valence electrons. The SMILES string of the molecule is COC1CC2CCC(C1)N2C(=O)c1cc(-c2ccc(F)cc2)c[nH]1. The lowest BCUT2D eigenvalue weighted by Crippen LogP contribution is -2.48. The highest BCUT2D eigenvalue weighted by Gasteiger charge is 2.43. The Balaban J connectivity index is 1.55. The molecule has 2 saturated heterocycles. The van der Waals surface area contributed by atoms with Gasteiger partial charge in [0.1, 0.15) is 11.5 Å². The van der Waals surface area contributed by atoms with Crippen LogP contribution >= 0.6 is 0 Å². The van der Waals surface area contributed by atoms with Gasteiger partial charge in [0, 0.05) is 25.4 Å². The van der Waals surface area contributed by atoms with Crippen molar-refractivity contribution in [3.8, 4) is 11.1 Å². The highest BCUT2D eigenvalue weighted by Crippen LogP contribution is 2.37. The molecule has 0 spiro atoms. The fourth-order valence-electron chi connectivity index (χ4n) is 4.12. The van der Waals surface area contributed by atoms with Crippen molar-refractivity contribution < 1.29 is 13.9 Å². The van der Waals surface area contributed by atoms with Gasteiger partial charge in [-0.05, 0) is 55.0 Å². The maximum absolute atomic E-state index is 13.1. The molecule has 1 aromatic heterocycles. The van der Waals surface area contributed by atoms with Crippen LogP contribution in [0.3, 0.4) is 0 Å². The highest BCUT2D eigenvalue weighted by molar-refractivity contribution is 5.94. The fourth-order valence-corrected chi connectivity index (χ4v) is 4.12. The number of nitrogens with one attached hydrogen (secondary N) is 1. The lowest BCUT2D eigenvalue weighted by molar-refractivity contribution is 0.00797. The topological polar surface area (TPSA) is 45.3 Å². The van der Waals surface area contributed by atoms with Crippen LogP contribution in [-0.4, -0.2) is 41.1 Å². The van der Waals surface area contributed by atoms with Crippen LogP contribution in [0.4, 0.5) is 4.39 Å². The number of nitrogens with zero attached hydrogens (tertiary/aromatic N) is 1. The van der Waals surface area contributed by atoms with E-state index in [1.807, 2.05) is 17.2 Å². The van der Waals surface area contributed by atoms with Crippen LogP contribution in [0.15, 0.2) is 36.5 Å². The Morgan fingerprint density at radius 2 is 1.83 bits per heavy atom. The standard InChI is InChI=1S/C19H21FN2O2/c1-24-17-9-15-6-7-16(10-17)22(15)19(23)18-8-13(11-21-18)12-2-4-14(20)5-3-12/h2-5,8,11,15-17,21H,6-7,9-10H2,1H3. The van der Waals surface area contributed by atoms with E-state index in [-0.39, 0.29) is 29.9 Å². The number of hydrogen-bond acceptors (Lipinski definition) is 2. The normalized spacial score (nSPS) is 25.9. The minimum atomic E-state index is -0.261. The summed E-state index contributed by atoms with van der Waals surface area (Å²) < 4.78 is 18.6. The first-order valence-electron chi connectivity index (χ1n) is 8.45. The van der Waals surface area contributed by atoms with Crippen LogP contribution in [0.25, 0.3) is 11.1 Å². The Labute approximate surface area is 140 Å². The van der Waals surface area contributed by atoms with Crippen molar-refractivity contribution in [1.82, 2.24) is 9.88 Å². The van der Waals surface area contributed by atoms with Gasteiger partial charge in [0.2, 0.25) is 0 Å². The molecule has 0 saturated carbocycles. The van der Waals surface area contributed by atoms with Gasteiger partial charge in [-0.3, -0.25) is 4.79 Å². The number of halogens is 1. The van der Waals surface area contributed by atoms with Gasteiger partial charge in [-0.15, -0.1) is 0 Å². The molecule has 2 bridgehead atoms. The zero-order chi connectivity index (χ0) is 16.7. The maximum Gasteiger partial charge on any atom is 0.270 e. The van der Waals surface area contributed by atoms with E-state index in [4.69, 9.17) is 4.74 Å². The largest absolute Gasteiger partial charge is 0.381 e. The lowest BCUT2D eigenvalue weighted by atomic mass is 9.99. The summed E-state index contributed by atoms with van der Waals surface area (Å²) in [6.45, 7) is 0. The molecule has 2 unspecified atom stereocenters. The van der Waals surface area contributed by atoms with Gasteiger partial charge < -0.3 is 14.6 Å². The number of piperidine rings is 1. The Bertz CT molecular complexity index is 726.